The molecule has 3 heterocycles. The predicted octanol–water partition coefficient (Wildman–Crippen LogP) is 4.56. The van der Waals surface area contributed by atoms with Gasteiger partial charge in [0.25, 0.3) is 5.91 Å². The number of anilines is 1. The number of Topliss-reactive ketones (excluding diaryl/α,β-unsaturated/α-hetero) is 1. The summed E-state index contributed by atoms with van der Waals surface area (Å²) in [4.78, 5) is 36.8. The minimum Gasteiger partial charge on any atom is -0.503 e. The zero-order valence-corrected chi connectivity index (χ0v) is 18.5. The fourth-order valence-corrected chi connectivity index (χ4v) is 4.99. The van der Waals surface area contributed by atoms with Crippen LogP contribution in [0.2, 0.25) is 0 Å². The van der Waals surface area contributed by atoms with E-state index in [9.17, 15) is 14.7 Å². The number of nitrogens with zero attached hydrogens (tertiary/aromatic N) is 3. The molecule has 2 aromatic heterocycles. The van der Waals surface area contributed by atoms with Crippen molar-refractivity contribution in [1.29, 1.82) is 0 Å². The third-order valence-electron chi connectivity index (χ3n) is 4.75. The van der Waals surface area contributed by atoms with Gasteiger partial charge in [0.1, 0.15) is 12.4 Å². The summed E-state index contributed by atoms with van der Waals surface area (Å²) in [5.74, 6) is -1.01. The molecule has 3 aromatic rings. The highest BCUT2D eigenvalue weighted by molar-refractivity contribution is 7.14. The van der Waals surface area contributed by atoms with Crippen molar-refractivity contribution < 1.29 is 19.4 Å². The molecule has 0 bridgehead atoms. The molecule has 0 spiro atoms. The highest BCUT2D eigenvalue weighted by atomic mass is 32.1. The minimum absolute atomic E-state index is 0.0201. The third-order valence-corrected chi connectivity index (χ3v) is 6.59. The topological polar surface area (TPSA) is 92.6 Å². The van der Waals surface area contributed by atoms with E-state index in [1.54, 1.807) is 48.8 Å². The van der Waals surface area contributed by atoms with Crippen LogP contribution in [0.25, 0.3) is 0 Å². The number of hydrogen-bond acceptors (Lipinski definition) is 8. The zero-order valence-electron chi connectivity index (χ0n) is 16.9. The summed E-state index contributed by atoms with van der Waals surface area (Å²) in [6.07, 6.45) is 3.22. The van der Waals surface area contributed by atoms with E-state index in [-0.39, 0.29) is 5.57 Å². The second kappa shape index (κ2) is 8.44. The maximum Gasteiger partial charge on any atom is 0.296 e. The van der Waals surface area contributed by atoms with E-state index >= 15 is 0 Å². The summed E-state index contributed by atoms with van der Waals surface area (Å²) < 4.78 is 5.53. The van der Waals surface area contributed by atoms with Crippen LogP contribution in [-0.4, -0.2) is 33.4 Å². The maximum atomic E-state index is 13.5. The van der Waals surface area contributed by atoms with Crippen LogP contribution < -0.4 is 9.64 Å². The number of ether oxygens (including phenoxy) is 1. The lowest BCUT2D eigenvalue weighted by Crippen LogP contribution is -2.30. The van der Waals surface area contributed by atoms with Gasteiger partial charge in [-0.05, 0) is 31.5 Å². The number of amides is 1. The summed E-state index contributed by atoms with van der Waals surface area (Å²) >= 11 is 2.50. The van der Waals surface area contributed by atoms with Gasteiger partial charge in [0.05, 0.1) is 27.2 Å². The van der Waals surface area contributed by atoms with E-state index in [1.807, 2.05) is 6.92 Å². The molecule has 0 saturated carbocycles. The van der Waals surface area contributed by atoms with E-state index in [0.717, 1.165) is 5.01 Å². The third kappa shape index (κ3) is 3.77. The Balaban J connectivity index is 1.81. The SMILES string of the molecule is C=CCOc1ccc(C2C(C(=O)c3sc(C)nc3C)=C(O)C(=O)N2c2nccs2)cc1. The lowest BCUT2D eigenvalue weighted by atomic mass is 9.95. The van der Waals surface area contributed by atoms with Crippen LogP contribution >= 0.6 is 22.7 Å². The fraction of sp³-hybridized carbons (Fsp3) is 0.182. The average Bonchev–Trinajstić information content (AvgIpc) is 3.46. The van der Waals surface area contributed by atoms with Gasteiger partial charge < -0.3 is 9.84 Å². The van der Waals surface area contributed by atoms with Crippen LogP contribution in [0.1, 0.15) is 32.0 Å². The number of benzene rings is 1. The molecule has 1 aromatic carbocycles. The quantitative estimate of drug-likeness (QED) is 0.416. The summed E-state index contributed by atoms with van der Waals surface area (Å²) in [7, 11) is 0. The van der Waals surface area contributed by atoms with E-state index in [4.69, 9.17) is 4.74 Å². The second-order valence-electron chi connectivity index (χ2n) is 6.80. The Morgan fingerprint density at radius 2 is 2.06 bits per heavy atom. The first-order valence-corrected chi connectivity index (χ1v) is 11.1. The van der Waals surface area contributed by atoms with Gasteiger partial charge in [0.2, 0.25) is 5.78 Å². The monoisotopic (exact) mass is 453 g/mol. The van der Waals surface area contributed by atoms with Crippen LogP contribution in [0.15, 0.2) is 59.8 Å². The lowest BCUT2D eigenvalue weighted by molar-refractivity contribution is -0.117. The first-order valence-electron chi connectivity index (χ1n) is 9.41. The number of rotatable bonds is 7. The number of ketones is 1. The molecule has 1 amide bonds. The lowest BCUT2D eigenvalue weighted by Gasteiger charge is -2.24. The highest BCUT2D eigenvalue weighted by Crippen LogP contribution is 2.43. The summed E-state index contributed by atoms with van der Waals surface area (Å²) in [6, 6.07) is 6.23. The summed E-state index contributed by atoms with van der Waals surface area (Å²) in [5.41, 5.74) is 1.24. The van der Waals surface area contributed by atoms with E-state index in [2.05, 4.69) is 16.5 Å². The molecule has 0 radical (unpaired) electrons. The number of carbonyl (C=O) groups excluding carboxylic acids is 2. The van der Waals surface area contributed by atoms with E-state index in [1.165, 1.54) is 27.6 Å². The molecule has 1 aliphatic rings. The number of hydrogen-bond donors (Lipinski definition) is 1. The Morgan fingerprint density at radius 3 is 2.65 bits per heavy atom. The van der Waals surface area contributed by atoms with Gasteiger partial charge in [-0.2, -0.15) is 0 Å². The van der Waals surface area contributed by atoms with Crippen molar-refractivity contribution >= 4 is 39.5 Å². The molecule has 1 unspecified atom stereocenters. The van der Waals surface area contributed by atoms with Crippen LogP contribution in [0, 0.1) is 13.8 Å². The smallest absolute Gasteiger partial charge is 0.296 e. The molecule has 0 fully saturated rings. The van der Waals surface area contributed by atoms with Gasteiger partial charge in [-0.15, -0.1) is 22.7 Å². The number of aromatic nitrogens is 2. The molecular weight excluding hydrogens is 434 g/mol. The Hall–Kier alpha value is -3.30. The van der Waals surface area contributed by atoms with Crippen molar-refractivity contribution in [2.24, 2.45) is 0 Å². The van der Waals surface area contributed by atoms with Crippen LogP contribution in [0.3, 0.4) is 0 Å². The molecule has 1 aliphatic heterocycles. The normalized spacial score (nSPS) is 16.1. The van der Waals surface area contributed by atoms with Crippen LogP contribution in [0.5, 0.6) is 5.75 Å². The summed E-state index contributed by atoms with van der Waals surface area (Å²) in [5, 5.41) is 13.6. The number of carbonyl (C=O) groups is 2. The molecule has 0 aliphatic carbocycles. The van der Waals surface area contributed by atoms with Crippen molar-refractivity contribution in [3.63, 3.8) is 0 Å². The van der Waals surface area contributed by atoms with E-state index in [0.29, 0.717) is 33.6 Å². The van der Waals surface area contributed by atoms with Crippen molar-refractivity contribution in [3.05, 3.63) is 81.0 Å². The first kappa shape index (κ1) is 21.0. The maximum absolute atomic E-state index is 13.5. The molecule has 158 valence electrons. The van der Waals surface area contributed by atoms with Crippen molar-refractivity contribution in [2.45, 2.75) is 19.9 Å². The molecule has 0 saturated heterocycles. The van der Waals surface area contributed by atoms with Crippen molar-refractivity contribution in [3.8, 4) is 5.75 Å². The molecule has 4 rings (SSSR count). The van der Waals surface area contributed by atoms with Crippen molar-refractivity contribution in [1.82, 2.24) is 9.97 Å². The molecule has 1 atom stereocenters. The van der Waals surface area contributed by atoms with Crippen molar-refractivity contribution in [2.75, 3.05) is 11.5 Å². The Morgan fingerprint density at radius 1 is 1.32 bits per heavy atom. The Labute approximate surface area is 187 Å². The van der Waals surface area contributed by atoms with Crippen LogP contribution in [0.4, 0.5) is 5.13 Å². The average molecular weight is 454 g/mol. The first-order chi connectivity index (χ1) is 14.9. The highest BCUT2D eigenvalue weighted by Gasteiger charge is 2.46. The standard InChI is InChI=1S/C22H19N3O4S2/c1-4-10-29-15-7-5-14(6-8-15)17-16(18(26)20-12(2)24-13(3)31-20)19(27)21(28)25(17)22-23-9-11-30-22/h4-9,11,17,27H,1,10H2,2-3H3. The summed E-state index contributed by atoms with van der Waals surface area (Å²) in [6.45, 7) is 7.54. The fourth-order valence-electron chi connectivity index (χ4n) is 3.45. The van der Waals surface area contributed by atoms with Gasteiger partial charge >= 0.3 is 0 Å². The Kier molecular flexibility index (Phi) is 5.71. The number of thiazole rings is 2. The van der Waals surface area contributed by atoms with Gasteiger partial charge in [0, 0.05) is 11.6 Å². The molecule has 31 heavy (non-hydrogen) atoms. The number of aryl methyl sites for hydroxylation is 2. The van der Waals surface area contributed by atoms with Gasteiger partial charge in [-0.3, -0.25) is 14.5 Å². The Bertz CT molecular complexity index is 1180. The van der Waals surface area contributed by atoms with Crippen LogP contribution in [-0.2, 0) is 4.79 Å². The molecule has 1 N–H and O–H groups in total. The molecule has 7 nitrogen and oxygen atoms in total. The zero-order chi connectivity index (χ0) is 22.1. The second-order valence-corrected chi connectivity index (χ2v) is 8.88. The predicted molar refractivity (Wildman–Crippen MR) is 120 cm³/mol. The van der Waals surface area contributed by atoms with Gasteiger partial charge in [-0.1, -0.05) is 24.8 Å². The van der Waals surface area contributed by atoms with Gasteiger partial charge in [-0.25, -0.2) is 9.97 Å². The van der Waals surface area contributed by atoms with E-state index < -0.39 is 23.5 Å². The number of aliphatic hydroxyl groups is 1. The minimum atomic E-state index is -0.818. The number of aliphatic hydroxyl groups excluding tert-OH is 1. The van der Waals surface area contributed by atoms with Gasteiger partial charge in [0.15, 0.2) is 10.9 Å². The molecular formula is C22H19N3O4S2. The largest absolute Gasteiger partial charge is 0.503 e. The molecule has 9 heteroatoms.